The van der Waals surface area contributed by atoms with E-state index in [1.165, 1.54) is 0 Å². The molecule has 0 atom stereocenters. The summed E-state index contributed by atoms with van der Waals surface area (Å²) in [5, 5.41) is 12.3. The van der Waals surface area contributed by atoms with Gasteiger partial charge in [0.15, 0.2) is 4.32 Å². The van der Waals surface area contributed by atoms with Gasteiger partial charge < -0.3 is 5.11 Å². The van der Waals surface area contributed by atoms with Crippen molar-refractivity contribution in [2.24, 2.45) is 0 Å². The van der Waals surface area contributed by atoms with Gasteiger partial charge in [0.25, 0.3) is 11.8 Å². The first-order chi connectivity index (χ1) is 15.6. The second kappa shape index (κ2) is 9.36. The maximum absolute atomic E-state index is 13.1. The Morgan fingerprint density at radius 3 is 2.15 bits per heavy atom. The van der Waals surface area contributed by atoms with E-state index in [2.05, 4.69) is 5.43 Å². The number of hydrogen-bond acceptors (Lipinski definition) is 5. The summed E-state index contributed by atoms with van der Waals surface area (Å²) in [6.45, 7) is 14.1. The lowest BCUT2D eigenvalue weighted by atomic mass is 9.78. The summed E-state index contributed by atoms with van der Waals surface area (Å²) in [4.78, 5) is 26.2. The predicted molar refractivity (Wildman–Crippen MR) is 144 cm³/mol. The van der Waals surface area contributed by atoms with Gasteiger partial charge in [-0.1, -0.05) is 71.0 Å². The van der Waals surface area contributed by atoms with E-state index in [1.54, 1.807) is 24.3 Å². The SMILES string of the molecule is Cc1ccc(C(=O)NN2C(=O)/C(=C/c3cc(C(C)(C)C)c(O)c(C(C)(C)C)c3)SC2=S)c(Cl)c1. The molecule has 0 bridgehead atoms. The van der Waals surface area contributed by atoms with Gasteiger partial charge in [0.1, 0.15) is 5.75 Å². The first-order valence-corrected chi connectivity index (χ1v) is 12.4. The summed E-state index contributed by atoms with van der Waals surface area (Å²) in [5.41, 5.74) is 5.53. The highest BCUT2D eigenvalue weighted by atomic mass is 35.5. The number of rotatable bonds is 3. The van der Waals surface area contributed by atoms with Gasteiger partial charge in [-0.2, -0.15) is 5.01 Å². The van der Waals surface area contributed by atoms with E-state index < -0.39 is 11.8 Å². The first-order valence-electron chi connectivity index (χ1n) is 10.8. The highest BCUT2D eigenvalue weighted by Gasteiger charge is 2.34. The summed E-state index contributed by atoms with van der Waals surface area (Å²) in [7, 11) is 0. The number of carbonyl (C=O) groups excluding carboxylic acids is 2. The molecule has 34 heavy (non-hydrogen) atoms. The fourth-order valence-electron chi connectivity index (χ4n) is 3.57. The van der Waals surface area contributed by atoms with E-state index in [4.69, 9.17) is 23.8 Å². The largest absolute Gasteiger partial charge is 0.507 e. The highest BCUT2D eigenvalue weighted by molar-refractivity contribution is 8.26. The van der Waals surface area contributed by atoms with Crippen molar-refractivity contribution < 1.29 is 14.7 Å². The average molecular weight is 517 g/mol. The Labute approximate surface area is 215 Å². The molecule has 0 saturated carbocycles. The van der Waals surface area contributed by atoms with Crippen LogP contribution in [0.4, 0.5) is 0 Å². The van der Waals surface area contributed by atoms with Crippen molar-refractivity contribution in [1.82, 2.24) is 10.4 Å². The van der Waals surface area contributed by atoms with Crippen LogP contribution in [0.1, 0.15) is 74.2 Å². The van der Waals surface area contributed by atoms with Crippen molar-refractivity contribution in [2.45, 2.75) is 59.3 Å². The summed E-state index contributed by atoms with van der Waals surface area (Å²) in [6.07, 6.45) is 1.74. The van der Waals surface area contributed by atoms with Crippen LogP contribution in [-0.2, 0) is 15.6 Å². The minimum atomic E-state index is -0.516. The van der Waals surface area contributed by atoms with Crippen molar-refractivity contribution in [1.29, 1.82) is 0 Å². The number of hydrogen-bond donors (Lipinski definition) is 2. The molecule has 2 N–H and O–H groups in total. The van der Waals surface area contributed by atoms with E-state index in [0.717, 1.165) is 39.0 Å². The van der Waals surface area contributed by atoms with Crippen LogP contribution in [0.15, 0.2) is 35.2 Å². The fraction of sp³-hybridized carbons (Fsp3) is 0.346. The lowest BCUT2D eigenvalue weighted by Crippen LogP contribution is -2.44. The number of benzene rings is 2. The molecule has 0 unspecified atom stereocenters. The maximum atomic E-state index is 13.1. The van der Waals surface area contributed by atoms with Crippen LogP contribution < -0.4 is 5.43 Å². The average Bonchev–Trinajstić information content (AvgIpc) is 2.94. The number of amides is 2. The minimum Gasteiger partial charge on any atom is -0.507 e. The first kappa shape index (κ1) is 26.3. The third-order valence-corrected chi connectivity index (χ3v) is 7.04. The van der Waals surface area contributed by atoms with Crippen LogP contribution in [0.25, 0.3) is 6.08 Å². The second-order valence-corrected chi connectivity index (χ2v) is 12.5. The topological polar surface area (TPSA) is 69.6 Å². The Hall–Kier alpha value is -2.35. The van der Waals surface area contributed by atoms with Gasteiger partial charge in [0.05, 0.1) is 15.5 Å². The monoisotopic (exact) mass is 516 g/mol. The van der Waals surface area contributed by atoms with Crippen LogP contribution >= 0.6 is 35.6 Å². The van der Waals surface area contributed by atoms with Crippen molar-refractivity contribution in [3.8, 4) is 5.75 Å². The number of halogens is 1. The van der Waals surface area contributed by atoms with Gasteiger partial charge in [-0.25, -0.2) is 0 Å². The van der Waals surface area contributed by atoms with Crippen LogP contribution in [0.5, 0.6) is 5.75 Å². The Morgan fingerprint density at radius 2 is 1.65 bits per heavy atom. The number of phenols is 1. The molecule has 8 heteroatoms. The number of hydrazine groups is 1. The van der Waals surface area contributed by atoms with Crippen molar-refractivity contribution in [3.63, 3.8) is 0 Å². The van der Waals surface area contributed by atoms with Gasteiger partial charge in [0, 0.05) is 11.1 Å². The summed E-state index contributed by atoms with van der Waals surface area (Å²) in [6, 6.07) is 8.85. The Kier molecular flexibility index (Phi) is 7.23. The normalized spacial score (nSPS) is 15.9. The van der Waals surface area contributed by atoms with E-state index in [-0.39, 0.29) is 26.5 Å². The summed E-state index contributed by atoms with van der Waals surface area (Å²) < 4.78 is 0.221. The molecule has 2 aromatic carbocycles. The van der Waals surface area contributed by atoms with Crippen molar-refractivity contribution in [2.75, 3.05) is 0 Å². The molecule has 0 aliphatic carbocycles. The van der Waals surface area contributed by atoms with Crippen molar-refractivity contribution in [3.05, 3.63) is 68.1 Å². The van der Waals surface area contributed by atoms with Crippen LogP contribution in [0.2, 0.25) is 5.02 Å². The molecular weight excluding hydrogens is 488 g/mol. The molecule has 3 rings (SSSR count). The third kappa shape index (κ3) is 5.48. The molecule has 0 aromatic heterocycles. The smallest absolute Gasteiger partial charge is 0.285 e. The molecule has 1 heterocycles. The number of thiocarbonyl (C=S) groups is 1. The zero-order chi connectivity index (χ0) is 25.6. The van der Waals surface area contributed by atoms with Gasteiger partial charge in [0.2, 0.25) is 0 Å². The van der Waals surface area contributed by atoms with Crippen LogP contribution in [0, 0.1) is 6.92 Å². The number of nitrogens with zero attached hydrogens (tertiary/aromatic N) is 1. The molecule has 5 nitrogen and oxygen atoms in total. The van der Waals surface area contributed by atoms with Gasteiger partial charge in [-0.15, -0.1) is 0 Å². The molecule has 180 valence electrons. The quantitative estimate of drug-likeness (QED) is 0.360. The summed E-state index contributed by atoms with van der Waals surface area (Å²) >= 11 is 12.7. The van der Waals surface area contributed by atoms with E-state index in [1.807, 2.05) is 60.6 Å². The molecule has 1 aliphatic heterocycles. The molecule has 1 saturated heterocycles. The minimum absolute atomic E-state index is 0.221. The van der Waals surface area contributed by atoms with E-state index in [0.29, 0.717) is 9.93 Å². The van der Waals surface area contributed by atoms with Crippen molar-refractivity contribution >= 4 is 57.8 Å². The standard InChI is InChI=1S/C26H29ClN2O3S2/c1-14-8-9-16(19(27)10-14)22(31)28-29-23(32)20(34-24(29)33)13-15-11-17(25(2,3)4)21(30)18(12-15)26(5,6)7/h8-13,30H,1-7H3,(H,28,31)/b20-13-. The Balaban J connectivity index is 1.95. The molecule has 0 radical (unpaired) electrons. The van der Waals surface area contributed by atoms with E-state index >= 15 is 0 Å². The lowest BCUT2D eigenvalue weighted by Gasteiger charge is -2.28. The molecule has 2 amide bonds. The van der Waals surface area contributed by atoms with Gasteiger partial charge >= 0.3 is 0 Å². The number of phenolic OH excluding ortho intramolecular Hbond substituents is 1. The maximum Gasteiger partial charge on any atom is 0.285 e. The number of carbonyl (C=O) groups is 2. The molecule has 0 spiro atoms. The zero-order valence-electron chi connectivity index (χ0n) is 20.4. The second-order valence-electron chi connectivity index (χ2n) is 10.4. The van der Waals surface area contributed by atoms with Gasteiger partial charge in [-0.3, -0.25) is 15.0 Å². The lowest BCUT2D eigenvalue weighted by molar-refractivity contribution is -0.123. The third-order valence-electron chi connectivity index (χ3n) is 5.42. The molecule has 2 aromatic rings. The van der Waals surface area contributed by atoms with Crippen LogP contribution in [-0.4, -0.2) is 26.3 Å². The fourth-order valence-corrected chi connectivity index (χ4v) is 5.07. The predicted octanol–water partition coefficient (Wildman–Crippen LogP) is 6.50. The van der Waals surface area contributed by atoms with Crippen LogP contribution in [0.3, 0.4) is 0 Å². The molecular formula is C26H29ClN2O3S2. The molecule has 1 fully saturated rings. The number of thioether (sulfide) groups is 1. The number of aromatic hydroxyl groups is 1. The van der Waals surface area contributed by atoms with E-state index in [9.17, 15) is 14.7 Å². The number of aryl methyl sites for hydroxylation is 1. The Bertz CT molecular complexity index is 1190. The zero-order valence-corrected chi connectivity index (χ0v) is 22.8. The Morgan fingerprint density at radius 1 is 1.09 bits per heavy atom. The molecule has 1 aliphatic rings. The highest BCUT2D eigenvalue weighted by Crippen LogP contribution is 2.41. The van der Waals surface area contributed by atoms with Gasteiger partial charge in [-0.05, 0) is 71.4 Å². The summed E-state index contributed by atoms with van der Waals surface area (Å²) in [5.74, 6) is -0.668. The number of nitrogens with one attached hydrogen (secondary N) is 1.